The Morgan fingerprint density at radius 1 is 1.42 bits per heavy atom. The van der Waals surface area contributed by atoms with E-state index in [-0.39, 0.29) is 13.0 Å². The molecule has 72 valence electrons. The van der Waals surface area contributed by atoms with Crippen LogP contribution < -0.4 is 0 Å². The van der Waals surface area contributed by atoms with Crippen LogP contribution in [0.5, 0.6) is 0 Å². The minimum absolute atomic E-state index is 0.237. The maximum atomic E-state index is 10.7. The maximum absolute atomic E-state index is 10.7. The fraction of sp³-hybridized carbons (Fsp3) is 0.857. The topological polar surface area (TPSA) is 87.0 Å². The van der Waals surface area contributed by atoms with E-state index in [4.69, 9.17) is 15.3 Å². The second-order valence-corrected chi connectivity index (χ2v) is 2.33. The monoisotopic (exact) mass is 178 g/mol. The molecule has 5 nitrogen and oxygen atoms in total. The van der Waals surface area contributed by atoms with Crippen molar-refractivity contribution >= 4 is 5.97 Å². The minimum atomic E-state index is -1.28. The van der Waals surface area contributed by atoms with Crippen LogP contribution in [0.2, 0.25) is 0 Å². The largest absolute Gasteiger partial charge is 0.466 e. The maximum Gasteiger partial charge on any atom is 0.308 e. The predicted octanol–water partition coefficient (Wildman–Crippen LogP) is -1.35. The van der Waals surface area contributed by atoms with Crippen LogP contribution in [0, 0.1) is 0 Å². The van der Waals surface area contributed by atoms with Crippen molar-refractivity contribution in [2.45, 2.75) is 25.6 Å². The van der Waals surface area contributed by atoms with E-state index in [2.05, 4.69) is 4.74 Å². The van der Waals surface area contributed by atoms with Gasteiger partial charge in [-0.2, -0.15) is 0 Å². The van der Waals surface area contributed by atoms with Gasteiger partial charge in [-0.05, 0) is 6.92 Å². The molecule has 0 aliphatic carbocycles. The number of aliphatic hydroxyl groups excluding tert-OH is 3. The van der Waals surface area contributed by atoms with Crippen LogP contribution in [0.15, 0.2) is 0 Å². The van der Waals surface area contributed by atoms with Crippen molar-refractivity contribution in [1.82, 2.24) is 0 Å². The zero-order chi connectivity index (χ0) is 9.56. The van der Waals surface area contributed by atoms with Gasteiger partial charge in [0, 0.05) is 0 Å². The SMILES string of the molecule is CCOC(=O)CC(O)C(O)CO. The summed E-state index contributed by atoms with van der Waals surface area (Å²) < 4.78 is 4.52. The third-order valence-corrected chi connectivity index (χ3v) is 1.31. The molecule has 0 saturated heterocycles. The number of hydrogen-bond acceptors (Lipinski definition) is 5. The van der Waals surface area contributed by atoms with Gasteiger partial charge in [-0.15, -0.1) is 0 Å². The van der Waals surface area contributed by atoms with Gasteiger partial charge >= 0.3 is 5.97 Å². The van der Waals surface area contributed by atoms with Crippen LogP contribution in [0.3, 0.4) is 0 Å². The summed E-state index contributed by atoms with van der Waals surface area (Å²) >= 11 is 0. The molecule has 12 heavy (non-hydrogen) atoms. The Kier molecular flexibility index (Phi) is 5.61. The molecule has 5 heteroatoms. The van der Waals surface area contributed by atoms with Gasteiger partial charge in [-0.3, -0.25) is 4.79 Å². The molecule has 0 bridgehead atoms. The fourth-order valence-corrected chi connectivity index (χ4v) is 0.648. The van der Waals surface area contributed by atoms with Crippen molar-refractivity contribution in [3.8, 4) is 0 Å². The summed E-state index contributed by atoms with van der Waals surface area (Å²) in [6.45, 7) is 1.31. The molecule has 0 aliphatic rings. The van der Waals surface area contributed by atoms with Crippen LogP contribution in [-0.2, 0) is 9.53 Å². The molecule has 0 aliphatic heterocycles. The van der Waals surface area contributed by atoms with E-state index in [0.29, 0.717) is 0 Å². The highest BCUT2D eigenvalue weighted by molar-refractivity contribution is 5.69. The van der Waals surface area contributed by atoms with E-state index >= 15 is 0 Å². The highest BCUT2D eigenvalue weighted by Crippen LogP contribution is 1.99. The Morgan fingerprint density at radius 3 is 2.42 bits per heavy atom. The van der Waals surface area contributed by atoms with E-state index in [1.54, 1.807) is 6.92 Å². The minimum Gasteiger partial charge on any atom is -0.466 e. The van der Waals surface area contributed by atoms with E-state index < -0.39 is 24.8 Å². The van der Waals surface area contributed by atoms with Crippen LogP contribution in [0.25, 0.3) is 0 Å². The summed E-state index contributed by atoms with van der Waals surface area (Å²) in [7, 11) is 0. The number of aliphatic hydroxyl groups is 3. The molecule has 0 saturated carbocycles. The fourth-order valence-electron chi connectivity index (χ4n) is 0.648. The Hall–Kier alpha value is -0.650. The normalized spacial score (nSPS) is 15.3. The first kappa shape index (κ1) is 11.4. The lowest BCUT2D eigenvalue weighted by Gasteiger charge is -2.13. The van der Waals surface area contributed by atoms with Gasteiger partial charge in [-0.25, -0.2) is 0 Å². The van der Waals surface area contributed by atoms with Crippen molar-refractivity contribution in [2.24, 2.45) is 0 Å². The summed E-state index contributed by atoms with van der Waals surface area (Å²) in [5.74, 6) is -0.586. The van der Waals surface area contributed by atoms with E-state index in [1.807, 2.05) is 0 Å². The molecule has 0 aromatic carbocycles. The smallest absolute Gasteiger partial charge is 0.308 e. The van der Waals surface area contributed by atoms with Gasteiger partial charge in [0.15, 0.2) is 0 Å². The van der Waals surface area contributed by atoms with Crippen molar-refractivity contribution in [1.29, 1.82) is 0 Å². The van der Waals surface area contributed by atoms with Crippen LogP contribution in [0.4, 0.5) is 0 Å². The van der Waals surface area contributed by atoms with Crippen molar-refractivity contribution < 1.29 is 24.9 Å². The molecule has 0 spiro atoms. The first-order chi connectivity index (χ1) is 5.61. The Balaban J connectivity index is 3.67. The average Bonchev–Trinajstić information content (AvgIpc) is 2.03. The van der Waals surface area contributed by atoms with Crippen molar-refractivity contribution in [3.05, 3.63) is 0 Å². The standard InChI is InChI=1S/C7H14O5/c1-2-12-7(11)3-5(9)6(10)4-8/h5-6,8-10H,2-4H2,1H3. The molecule has 0 aromatic heterocycles. The lowest BCUT2D eigenvalue weighted by molar-refractivity contribution is -0.147. The second-order valence-electron chi connectivity index (χ2n) is 2.33. The highest BCUT2D eigenvalue weighted by Gasteiger charge is 2.19. The molecule has 0 aromatic rings. The zero-order valence-electron chi connectivity index (χ0n) is 6.93. The zero-order valence-corrected chi connectivity index (χ0v) is 6.93. The van der Waals surface area contributed by atoms with Crippen LogP contribution >= 0.6 is 0 Å². The molecular weight excluding hydrogens is 164 g/mol. The number of carbonyl (C=O) groups excluding carboxylic acids is 1. The number of carbonyl (C=O) groups is 1. The molecular formula is C7H14O5. The highest BCUT2D eigenvalue weighted by atomic mass is 16.5. The quantitative estimate of drug-likeness (QED) is 0.453. The molecule has 3 N–H and O–H groups in total. The third kappa shape index (κ3) is 4.27. The lowest BCUT2D eigenvalue weighted by Crippen LogP contribution is -2.31. The summed E-state index contributed by atoms with van der Waals surface area (Å²) in [6, 6.07) is 0. The van der Waals surface area contributed by atoms with E-state index in [9.17, 15) is 4.79 Å². The van der Waals surface area contributed by atoms with Crippen molar-refractivity contribution in [3.63, 3.8) is 0 Å². The molecule has 2 atom stereocenters. The summed E-state index contributed by atoms with van der Waals surface area (Å²) in [5, 5.41) is 26.2. The van der Waals surface area contributed by atoms with E-state index in [1.165, 1.54) is 0 Å². The molecule has 0 heterocycles. The first-order valence-corrected chi connectivity index (χ1v) is 3.74. The summed E-state index contributed by atoms with van der Waals surface area (Å²) in [6.07, 6.45) is -2.83. The first-order valence-electron chi connectivity index (χ1n) is 3.74. The van der Waals surface area contributed by atoms with Gasteiger partial charge in [0.05, 0.1) is 25.7 Å². The average molecular weight is 178 g/mol. The summed E-state index contributed by atoms with van der Waals surface area (Å²) in [4.78, 5) is 10.7. The number of ether oxygens (including phenoxy) is 1. The molecule has 0 radical (unpaired) electrons. The number of hydrogen-bond donors (Lipinski definition) is 3. The van der Waals surface area contributed by atoms with Gasteiger partial charge < -0.3 is 20.1 Å². The van der Waals surface area contributed by atoms with Crippen LogP contribution in [0.1, 0.15) is 13.3 Å². The lowest BCUT2D eigenvalue weighted by atomic mass is 10.1. The Labute approximate surface area is 70.6 Å². The third-order valence-electron chi connectivity index (χ3n) is 1.31. The van der Waals surface area contributed by atoms with Gasteiger partial charge in [-0.1, -0.05) is 0 Å². The molecule has 2 unspecified atom stereocenters. The Morgan fingerprint density at radius 2 is 2.00 bits per heavy atom. The van der Waals surface area contributed by atoms with Gasteiger partial charge in [0.25, 0.3) is 0 Å². The number of esters is 1. The predicted molar refractivity (Wildman–Crippen MR) is 40.3 cm³/mol. The molecule has 0 fully saturated rings. The van der Waals surface area contributed by atoms with E-state index in [0.717, 1.165) is 0 Å². The van der Waals surface area contributed by atoms with Gasteiger partial charge in [0.1, 0.15) is 6.10 Å². The molecule has 0 rings (SSSR count). The number of rotatable bonds is 5. The molecule has 0 amide bonds. The van der Waals surface area contributed by atoms with Crippen LogP contribution in [-0.4, -0.2) is 46.7 Å². The van der Waals surface area contributed by atoms with Crippen molar-refractivity contribution in [2.75, 3.05) is 13.2 Å². The summed E-state index contributed by atoms with van der Waals surface area (Å²) in [5.41, 5.74) is 0. The Bertz CT molecular complexity index is 136. The van der Waals surface area contributed by atoms with Gasteiger partial charge in [0.2, 0.25) is 0 Å². The second kappa shape index (κ2) is 5.93.